The fourth-order valence-electron chi connectivity index (χ4n) is 2.52. The molecular formula is C19H24N6S. The van der Waals surface area contributed by atoms with Crippen molar-refractivity contribution in [3.8, 4) is 5.82 Å². The molecule has 0 aliphatic heterocycles. The van der Waals surface area contributed by atoms with Crippen molar-refractivity contribution in [3.05, 3.63) is 64.7 Å². The minimum Gasteiger partial charge on any atom is -0.357 e. The van der Waals surface area contributed by atoms with Gasteiger partial charge in [0.05, 0.1) is 6.54 Å². The molecule has 0 aliphatic carbocycles. The lowest BCUT2D eigenvalue weighted by Crippen LogP contribution is -2.39. The highest BCUT2D eigenvalue weighted by Crippen LogP contribution is 2.19. The average molecular weight is 369 g/mol. The number of rotatable bonds is 7. The second-order valence-corrected chi connectivity index (χ2v) is 6.94. The Balaban J connectivity index is 1.63. The Kier molecular flexibility index (Phi) is 6.38. The summed E-state index contributed by atoms with van der Waals surface area (Å²) in [4.78, 5) is 10.4. The van der Waals surface area contributed by atoms with Crippen LogP contribution in [0, 0.1) is 0 Å². The zero-order valence-corrected chi connectivity index (χ0v) is 15.9. The zero-order chi connectivity index (χ0) is 18.2. The van der Waals surface area contributed by atoms with E-state index in [4.69, 9.17) is 4.99 Å². The first-order valence-corrected chi connectivity index (χ1v) is 9.64. The molecule has 0 saturated carbocycles. The lowest BCUT2D eigenvalue weighted by Gasteiger charge is -2.15. The van der Waals surface area contributed by atoms with Gasteiger partial charge in [0.15, 0.2) is 11.8 Å². The van der Waals surface area contributed by atoms with E-state index in [-0.39, 0.29) is 0 Å². The van der Waals surface area contributed by atoms with Crippen LogP contribution >= 0.6 is 11.3 Å². The van der Waals surface area contributed by atoms with Gasteiger partial charge in [0.25, 0.3) is 0 Å². The van der Waals surface area contributed by atoms with Gasteiger partial charge in [0.1, 0.15) is 0 Å². The SMILES string of the molecule is CCNC(=NCc1ccnc(-n2cccn2)c1)NCC(C)c1cccs1. The summed E-state index contributed by atoms with van der Waals surface area (Å²) in [5.74, 6) is 2.08. The highest BCUT2D eigenvalue weighted by Gasteiger charge is 2.07. The summed E-state index contributed by atoms with van der Waals surface area (Å²) in [7, 11) is 0. The van der Waals surface area contributed by atoms with Gasteiger partial charge in [-0.1, -0.05) is 13.0 Å². The summed E-state index contributed by atoms with van der Waals surface area (Å²) in [5, 5.41) is 13.1. The van der Waals surface area contributed by atoms with Crippen LogP contribution in [0.4, 0.5) is 0 Å². The molecule has 0 spiro atoms. The van der Waals surface area contributed by atoms with Crippen molar-refractivity contribution in [1.82, 2.24) is 25.4 Å². The molecule has 0 aliphatic rings. The quantitative estimate of drug-likeness (QED) is 0.496. The van der Waals surface area contributed by atoms with Crippen LogP contribution in [0.2, 0.25) is 0 Å². The van der Waals surface area contributed by atoms with Crippen LogP contribution in [0.3, 0.4) is 0 Å². The normalized spacial score (nSPS) is 12.8. The molecule has 136 valence electrons. The minimum atomic E-state index is 0.450. The van der Waals surface area contributed by atoms with Crippen molar-refractivity contribution < 1.29 is 0 Å². The molecule has 0 aromatic carbocycles. The molecule has 2 N–H and O–H groups in total. The van der Waals surface area contributed by atoms with Crippen molar-refractivity contribution in [3.63, 3.8) is 0 Å². The molecule has 0 bridgehead atoms. The van der Waals surface area contributed by atoms with Crippen molar-refractivity contribution in [1.29, 1.82) is 0 Å². The number of pyridine rings is 1. The summed E-state index contributed by atoms with van der Waals surface area (Å²) in [6.07, 6.45) is 5.42. The Bertz CT molecular complexity index is 810. The zero-order valence-electron chi connectivity index (χ0n) is 15.1. The molecule has 6 nitrogen and oxygen atoms in total. The standard InChI is InChI=1S/C19H24N6S/c1-3-20-19(22-13-15(2)17-6-4-11-26-17)23-14-16-7-9-21-18(12-16)25-10-5-8-24-25/h4-12,15H,3,13-14H2,1-2H3,(H2,20,22,23). The van der Waals surface area contributed by atoms with E-state index in [0.29, 0.717) is 12.5 Å². The molecule has 1 unspecified atom stereocenters. The number of nitrogens with zero attached hydrogens (tertiary/aromatic N) is 4. The molecule has 0 amide bonds. The predicted octanol–water partition coefficient (Wildman–Crippen LogP) is 3.19. The van der Waals surface area contributed by atoms with E-state index >= 15 is 0 Å². The molecule has 3 rings (SSSR count). The monoisotopic (exact) mass is 368 g/mol. The Hall–Kier alpha value is -2.67. The molecule has 0 fully saturated rings. The van der Waals surface area contributed by atoms with Crippen LogP contribution in [0.25, 0.3) is 5.82 Å². The summed E-state index contributed by atoms with van der Waals surface area (Å²) >= 11 is 1.79. The molecule has 26 heavy (non-hydrogen) atoms. The number of guanidine groups is 1. The second-order valence-electron chi connectivity index (χ2n) is 5.97. The van der Waals surface area contributed by atoms with Crippen LogP contribution in [-0.4, -0.2) is 33.8 Å². The van der Waals surface area contributed by atoms with E-state index in [1.165, 1.54) is 4.88 Å². The van der Waals surface area contributed by atoms with Gasteiger partial charge in [0, 0.05) is 42.5 Å². The maximum Gasteiger partial charge on any atom is 0.191 e. The topological polar surface area (TPSA) is 67.1 Å². The van der Waals surface area contributed by atoms with Gasteiger partial charge in [-0.05, 0) is 42.1 Å². The Morgan fingerprint density at radius 3 is 2.92 bits per heavy atom. The van der Waals surface area contributed by atoms with Gasteiger partial charge < -0.3 is 10.6 Å². The van der Waals surface area contributed by atoms with Crippen LogP contribution in [-0.2, 0) is 6.54 Å². The van der Waals surface area contributed by atoms with Crippen LogP contribution in [0.5, 0.6) is 0 Å². The summed E-state index contributed by atoms with van der Waals surface area (Å²) in [5.41, 5.74) is 1.09. The van der Waals surface area contributed by atoms with Crippen molar-refractivity contribution in [2.75, 3.05) is 13.1 Å². The lowest BCUT2D eigenvalue weighted by atomic mass is 10.1. The van der Waals surface area contributed by atoms with E-state index in [1.807, 2.05) is 24.4 Å². The van der Waals surface area contributed by atoms with E-state index in [2.05, 4.69) is 52.1 Å². The van der Waals surface area contributed by atoms with Gasteiger partial charge in [-0.15, -0.1) is 11.3 Å². The minimum absolute atomic E-state index is 0.450. The van der Waals surface area contributed by atoms with E-state index < -0.39 is 0 Å². The third-order valence-corrected chi connectivity index (χ3v) is 5.02. The van der Waals surface area contributed by atoms with E-state index in [0.717, 1.165) is 30.4 Å². The molecule has 3 aromatic rings. The highest BCUT2D eigenvalue weighted by atomic mass is 32.1. The maximum absolute atomic E-state index is 4.70. The number of thiophene rings is 1. The third-order valence-electron chi connectivity index (χ3n) is 3.92. The maximum atomic E-state index is 4.70. The predicted molar refractivity (Wildman–Crippen MR) is 107 cm³/mol. The molecule has 3 aromatic heterocycles. The smallest absolute Gasteiger partial charge is 0.191 e. The Labute approximate surface area is 158 Å². The van der Waals surface area contributed by atoms with Gasteiger partial charge in [0.2, 0.25) is 0 Å². The van der Waals surface area contributed by atoms with Crippen molar-refractivity contribution >= 4 is 17.3 Å². The molecule has 3 heterocycles. The van der Waals surface area contributed by atoms with Gasteiger partial charge in [-0.25, -0.2) is 14.7 Å². The van der Waals surface area contributed by atoms with Crippen LogP contribution in [0.1, 0.15) is 30.2 Å². The van der Waals surface area contributed by atoms with E-state index in [1.54, 1.807) is 28.4 Å². The lowest BCUT2D eigenvalue weighted by molar-refractivity contribution is 0.709. The molecule has 0 radical (unpaired) electrons. The number of aromatic nitrogens is 3. The van der Waals surface area contributed by atoms with Crippen molar-refractivity contribution in [2.24, 2.45) is 4.99 Å². The fourth-order valence-corrected chi connectivity index (χ4v) is 3.31. The largest absolute Gasteiger partial charge is 0.357 e. The molecular weight excluding hydrogens is 344 g/mol. The van der Waals surface area contributed by atoms with Crippen LogP contribution in [0.15, 0.2) is 59.3 Å². The first-order chi connectivity index (χ1) is 12.8. The van der Waals surface area contributed by atoms with Crippen molar-refractivity contribution in [2.45, 2.75) is 26.3 Å². The second kappa shape index (κ2) is 9.15. The van der Waals surface area contributed by atoms with Crippen LogP contribution < -0.4 is 10.6 Å². The summed E-state index contributed by atoms with van der Waals surface area (Å²) < 4.78 is 1.75. The summed E-state index contributed by atoms with van der Waals surface area (Å²) in [6, 6.07) is 10.1. The van der Waals surface area contributed by atoms with Gasteiger partial charge in [-0.3, -0.25) is 0 Å². The first kappa shape index (κ1) is 18.1. The van der Waals surface area contributed by atoms with Gasteiger partial charge in [-0.2, -0.15) is 5.10 Å². The average Bonchev–Trinajstić information content (AvgIpc) is 3.38. The molecule has 7 heteroatoms. The molecule has 1 atom stereocenters. The number of aliphatic imine (C=N–C) groups is 1. The summed E-state index contributed by atoms with van der Waals surface area (Å²) in [6.45, 7) is 6.55. The Morgan fingerprint density at radius 1 is 1.27 bits per heavy atom. The number of nitrogens with one attached hydrogen (secondary N) is 2. The fraction of sp³-hybridized carbons (Fsp3) is 0.316. The van der Waals surface area contributed by atoms with Gasteiger partial charge >= 0.3 is 0 Å². The number of hydrogen-bond donors (Lipinski definition) is 2. The third kappa shape index (κ3) is 4.92. The first-order valence-electron chi connectivity index (χ1n) is 8.76. The van der Waals surface area contributed by atoms with E-state index in [9.17, 15) is 0 Å². The molecule has 0 saturated heterocycles. The highest BCUT2D eigenvalue weighted by molar-refractivity contribution is 7.10. The number of hydrogen-bond acceptors (Lipinski definition) is 4. The Morgan fingerprint density at radius 2 is 2.19 bits per heavy atom.